The van der Waals surface area contributed by atoms with Crippen molar-refractivity contribution in [1.29, 1.82) is 0 Å². The number of hydrogen-bond acceptors (Lipinski definition) is 2. The molecule has 0 aromatic carbocycles. The molecule has 1 rings (SSSR count). The standard InChI is InChI=1S/C11H20O2/c1-7(2)9-5-4-8(3)10(6-12)11(9)13/h7-10,12H,4-6H2,1-3H3/t8-,9-,10-/m0/s1. The van der Waals surface area contributed by atoms with Crippen molar-refractivity contribution >= 4 is 5.78 Å². The Morgan fingerprint density at radius 3 is 2.54 bits per heavy atom. The van der Waals surface area contributed by atoms with Gasteiger partial charge in [-0.1, -0.05) is 20.8 Å². The Labute approximate surface area is 80.3 Å². The van der Waals surface area contributed by atoms with Crippen molar-refractivity contribution in [2.75, 3.05) is 6.61 Å². The first kappa shape index (κ1) is 10.7. The third-order valence-corrected chi connectivity index (χ3v) is 3.35. The number of aliphatic hydroxyl groups is 1. The zero-order valence-corrected chi connectivity index (χ0v) is 8.79. The van der Waals surface area contributed by atoms with Gasteiger partial charge in [-0.2, -0.15) is 0 Å². The molecule has 1 aliphatic rings. The number of aliphatic hydroxyl groups excluding tert-OH is 1. The summed E-state index contributed by atoms with van der Waals surface area (Å²) < 4.78 is 0. The van der Waals surface area contributed by atoms with Crippen LogP contribution in [-0.2, 0) is 4.79 Å². The Hall–Kier alpha value is -0.370. The fourth-order valence-electron chi connectivity index (χ4n) is 2.27. The van der Waals surface area contributed by atoms with Gasteiger partial charge in [-0.25, -0.2) is 0 Å². The SMILES string of the molecule is CC(C)[C@@H]1CC[C@H](C)[C@H](CO)C1=O. The normalized spacial score (nSPS) is 35.5. The first-order valence-electron chi connectivity index (χ1n) is 5.22. The number of hydrogen-bond donors (Lipinski definition) is 1. The molecule has 13 heavy (non-hydrogen) atoms. The average Bonchev–Trinajstić information content (AvgIpc) is 2.04. The maximum atomic E-state index is 11.8. The summed E-state index contributed by atoms with van der Waals surface area (Å²) in [5.41, 5.74) is 0. The second-order valence-electron chi connectivity index (χ2n) is 4.60. The molecular weight excluding hydrogens is 164 g/mol. The van der Waals surface area contributed by atoms with Crippen molar-refractivity contribution in [3.05, 3.63) is 0 Å². The molecule has 1 N–H and O–H groups in total. The minimum Gasteiger partial charge on any atom is -0.396 e. The summed E-state index contributed by atoms with van der Waals surface area (Å²) in [6.07, 6.45) is 2.09. The van der Waals surface area contributed by atoms with Crippen LogP contribution in [-0.4, -0.2) is 17.5 Å². The van der Waals surface area contributed by atoms with Crippen molar-refractivity contribution in [2.24, 2.45) is 23.7 Å². The zero-order chi connectivity index (χ0) is 10.0. The van der Waals surface area contributed by atoms with Gasteiger partial charge in [0.05, 0.1) is 6.61 Å². The quantitative estimate of drug-likeness (QED) is 0.711. The summed E-state index contributed by atoms with van der Waals surface area (Å²) in [6, 6.07) is 0. The van der Waals surface area contributed by atoms with Gasteiger partial charge < -0.3 is 5.11 Å². The smallest absolute Gasteiger partial charge is 0.141 e. The minimum absolute atomic E-state index is 0.0310. The molecule has 0 bridgehead atoms. The molecule has 1 fully saturated rings. The summed E-state index contributed by atoms with van der Waals surface area (Å²) in [7, 11) is 0. The third-order valence-electron chi connectivity index (χ3n) is 3.35. The number of carbonyl (C=O) groups excluding carboxylic acids is 1. The van der Waals surface area contributed by atoms with Gasteiger partial charge in [0.2, 0.25) is 0 Å². The van der Waals surface area contributed by atoms with Gasteiger partial charge in [0.1, 0.15) is 5.78 Å². The van der Waals surface area contributed by atoms with E-state index < -0.39 is 0 Å². The first-order valence-corrected chi connectivity index (χ1v) is 5.22. The van der Waals surface area contributed by atoms with Gasteiger partial charge >= 0.3 is 0 Å². The highest BCUT2D eigenvalue weighted by Gasteiger charge is 2.36. The Morgan fingerprint density at radius 1 is 1.46 bits per heavy atom. The summed E-state index contributed by atoms with van der Waals surface area (Å²) in [6.45, 7) is 6.28. The van der Waals surface area contributed by atoms with E-state index in [4.69, 9.17) is 5.11 Å². The van der Waals surface area contributed by atoms with Crippen molar-refractivity contribution < 1.29 is 9.90 Å². The summed E-state index contributed by atoms with van der Waals surface area (Å²) >= 11 is 0. The van der Waals surface area contributed by atoms with Crippen LogP contribution in [0.1, 0.15) is 33.6 Å². The van der Waals surface area contributed by atoms with Crippen LogP contribution in [0.2, 0.25) is 0 Å². The van der Waals surface area contributed by atoms with Crippen molar-refractivity contribution in [3.8, 4) is 0 Å². The second kappa shape index (κ2) is 4.23. The molecule has 76 valence electrons. The number of ketones is 1. The summed E-state index contributed by atoms with van der Waals surface area (Å²) in [5.74, 6) is 1.17. The van der Waals surface area contributed by atoms with Gasteiger partial charge in [-0.3, -0.25) is 4.79 Å². The van der Waals surface area contributed by atoms with Crippen molar-refractivity contribution in [2.45, 2.75) is 33.6 Å². The molecule has 0 spiro atoms. The lowest BCUT2D eigenvalue weighted by Gasteiger charge is -2.33. The largest absolute Gasteiger partial charge is 0.396 e. The van der Waals surface area contributed by atoms with E-state index in [-0.39, 0.29) is 24.2 Å². The molecule has 1 saturated carbocycles. The Morgan fingerprint density at radius 2 is 2.08 bits per heavy atom. The van der Waals surface area contributed by atoms with Crippen molar-refractivity contribution in [3.63, 3.8) is 0 Å². The fraction of sp³-hybridized carbons (Fsp3) is 0.909. The molecule has 0 saturated heterocycles. The van der Waals surface area contributed by atoms with Crippen LogP contribution in [0.4, 0.5) is 0 Å². The summed E-state index contributed by atoms with van der Waals surface area (Å²) in [5, 5.41) is 9.11. The molecule has 0 heterocycles. The lowest BCUT2D eigenvalue weighted by atomic mass is 9.70. The van der Waals surface area contributed by atoms with Crippen LogP contribution >= 0.6 is 0 Å². The van der Waals surface area contributed by atoms with Crippen LogP contribution in [0.25, 0.3) is 0 Å². The number of carbonyl (C=O) groups is 1. The molecule has 1 aliphatic carbocycles. The molecule has 0 amide bonds. The van der Waals surface area contributed by atoms with E-state index >= 15 is 0 Å². The zero-order valence-electron chi connectivity index (χ0n) is 8.79. The Balaban J connectivity index is 2.69. The Bertz CT molecular complexity index is 183. The highest BCUT2D eigenvalue weighted by atomic mass is 16.3. The maximum Gasteiger partial charge on any atom is 0.141 e. The fourth-order valence-corrected chi connectivity index (χ4v) is 2.27. The van der Waals surface area contributed by atoms with Gasteiger partial charge in [0.15, 0.2) is 0 Å². The molecule has 2 heteroatoms. The first-order chi connectivity index (χ1) is 6.07. The van der Waals surface area contributed by atoms with Gasteiger partial charge in [-0.15, -0.1) is 0 Å². The second-order valence-corrected chi connectivity index (χ2v) is 4.60. The van der Waals surface area contributed by atoms with Crippen LogP contribution in [0.5, 0.6) is 0 Å². The van der Waals surface area contributed by atoms with E-state index in [0.717, 1.165) is 12.8 Å². The van der Waals surface area contributed by atoms with Crippen LogP contribution in [0.3, 0.4) is 0 Å². The number of Topliss-reactive ketones (excluding diaryl/α,β-unsaturated/α-hetero) is 1. The van der Waals surface area contributed by atoms with Gasteiger partial charge in [0, 0.05) is 11.8 Å². The Kier molecular flexibility index (Phi) is 3.48. The van der Waals surface area contributed by atoms with Gasteiger partial charge in [-0.05, 0) is 24.7 Å². The number of rotatable bonds is 2. The molecule has 0 aliphatic heterocycles. The van der Waals surface area contributed by atoms with Crippen LogP contribution < -0.4 is 0 Å². The van der Waals surface area contributed by atoms with E-state index in [0.29, 0.717) is 11.8 Å². The average molecular weight is 184 g/mol. The predicted octanol–water partition coefficient (Wildman–Crippen LogP) is 1.87. The monoisotopic (exact) mass is 184 g/mol. The molecule has 0 radical (unpaired) electrons. The lowest BCUT2D eigenvalue weighted by molar-refractivity contribution is -0.134. The topological polar surface area (TPSA) is 37.3 Å². The molecule has 3 atom stereocenters. The third kappa shape index (κ3) is 2.11. The predicted molar refractivity (Wildman–Crippen MR) is 52.3 cm³/mol. The van der Waals surface area contributed by atoms with Gasteiger partial charge in [0.25, 0.3) is 0 Å². The maximum absolute atomic E-state index is 11.8. The molecule has 0 aromatic rings. The van der Waals surface area contributed by atoms with E-state index in [9.17, 15) is 4.79 Å². The van der Waals surface area contributed by atoms with Crippen LogP contribution in [0.15, 0.2) is 0 Å². The van der Waals surface area contributed by atoms with E-state index in [2.05, 4.69) is 20.8 Å². The van der Waals surface area contributed by atoms with Crippen molar-refractivity contribution in [1.82, 2.24) is 0 Å². The molecule has 0 unspecified atom stereocenters. The lowest BCUT2D eigenvalue weighted by Crippen LogP contribution is -2.38. The molecule has 0 aromatic heterocycles. The molecule has 2 nitrogen and oxygen atoms in total. The minimum atomic E-state index is -0.0962. The highest BCUT2D eigenvalue weighted by molar-refractivity contribution is 5.84. The summed E-state index contributed by atoms with van der Waals surface area (Å²) in [4.78, 5) is 11.8. The van der Waals surface area contributed by atoms with E-state index in [1.807, 2.05) is 0 Å². The molecular formula is C11H20O2. The van der Waals surface area contributed by atoms with E-state index in [1.165, 1.54) is 0 Å². The van der Waals surface area contributed by atoms with Crippen LogP contribution in [0, 0.1) is 23.7 Å². The van der Waals surface area contributed by atoms with E-state index in [1.54, 1.807) is 0 Å². The highest BCUT2D eigenvalue weighted by Crippen LogP contribution is 2.34.